The normalized spacial score (nSPS) is 11.0. The van der Waals surface area contributed by atoms with E-state index in [9.17, 15) is 0 Å². The molecule has 0 spiro atoms. The Labute approximate surface area is 111 Å². The van der Waals surface area contributed by atoms with Crippen LogP contribution in [-0.2, 0) is 6.54 Å². The molecule has 1 rings (SSSR count). The third kappa shape index (κ3) is 4.81. The van der Waals surface area contributed by atoms with Gasteiger partial charge in [-0.3, -0.25) is 9.88 Å². The molecule has 0 amide bonds. The summed E-state index contributed by atoms with van der Waals surface area (Å²) in [5.41, 5.74) is 1.16. The van der Waals surface area contributed by atoms with Crippen molar-refractivity contribution in [1.82, 2.24) is 9.88 Å². The first-order valence-corrected chi connectivity index (χ1v) is 7.14. The highest BCUT2D eigenvalue weighted by atomic mass is 79.9. The fourth-order valence-electron chi connectivity index (χ4n) is 1.54. The molecule has 0 N–H and O–H groups in total. The fourth-order valence-corrected chi connectivity index (χ4v) is 2.22. The Morgan fingerprint density at radius 3 is 2.88 bits per heavy atom. The Kier molecular flexibility index (Phi) is 7.01. The van der Waals surface area contributed by atoms with Gasteiger partial charge in [0.15, 0.2) is 0 Å². The van der Waals surface area contributed by atoms with Crippen molar-refractivity contribution in [2.75, 3.05) is 18.4 Å². The van der Waals surface area contributed by atoms with Gasteiger partial charge in [-0.15, -0.1) is 0 Å². The minimum absolute atomic E-state index is 0.763. The molecular formula is C12H18BrClN2. The maximum Gasteiger partial charge on any atom is 0.0634 e. The molecule has 1 aromatic heterocycles. The minimum atomic E-state index is 0.763. The number of rotatable bonds is 7. The highest BCUT2D eigenvalue weighted by Crippen LogP contribution is 2.16. The van der Waals surface area contributed by atoms with Gasteiger partial charge >= 0.3 is 0 Å². The molecule has 0 aliphatic rings. The smallest absolute Gasteiger partial charge is 0.0634 e. The summed E-state index contributed by atoms with van der Waals surface area (Å²) in [4.78, 5) is 6.42. The van der Waals surface area contributed by atoms with E-state index < -0.39 is 0 Å². The van der Waals surface area contributed by atoms with Crippen molar-refractivity contribution in [1.29, 1.82) is 0 Å². The number of hydrogen-bond acceptors (Lipinski definition) is 2. The molecule has 0 aliphatic carbocycles. The van der Waals surface area contributed by atoms with E-state index in [1.54, 1.807) is 12.4 Å². The predicted octanol–water partition coefficient (Wildman–Crippen LogP) is 3.73. The molecule has 0 bridgehead atoms. The van der Waals surface area contributed by atoms with Crippen LogP contribution in [0.1, 0.15) is 25.3 Å². The van der Waals surface area contributed by atoms with Crippen molar-refractivity contribution >= 4 is 27.5 Å². The molecule has 0 aromatic carbocycles. The molecule has 16 heavy (non-hydrogen) atoms. The van der Waals surface area contributed by atoms with Gasteiger partial charge in [-0.25, -0.2) is 0 Å². The predicted molar refractivity (Wildman–Crippen MR) is 73.2 cm³/mol. The third-order valence-electron chi connectivity index (χ3n) is 2.48. The molecule has 0 radical (unpaired) electrons. The molecule has 0 saturated carbocycles. The second-order valence-corrected chi connectivity index (χ2v) is 4.99. The molecule has 90 valence electrons. The van der Waals surface area contributed by atoms with Crippen molar-refractivity contribution < 1.29 is 0 Å². The molecule has 0 fully saturated rings. The summed E-state index contributed by atoms with van der Waals surface area (Å²) in [5, 5.41) is 1.76. The molecular weight excluding hydrogens is 288 g/mol. The van der Waals surface area contributed by atoms with Crippen LogP contribution in [0.5, 0.6) is 0 Å². The van der Waals surface area contributed by atoms with E-state index in [2.05, 4.69) is 32.7 Å². The van der Waals surface area contributed by atoms with Gasteiger partial charge in [0.05, 0.1) is 5.02 Å². The lowest BCUT2D eigenvalue weighted by Gasteiger charge is -2.21. The van der Waals surface area contributed by atoms with E-state index in [0.717, 1.165) is 35.6 Å². The van der Waals surface area contributed by atoms with Gasteiger partial charge in [-0.1, -0.05) is 40.9 Å². The summed E-state index contributed by atoms with van der Waals surface area (Å²) >= 11 is 9.59. The number of pyridine rings is 1. The maximum atomic E-state index is 6.10. The highest BCUT2D eigenvalue weighted by Gasteiger charge is 2.07. The van der Waals surface area contributed by atoms with Crippen LogP contribution in [0.2, 0.25) is 5.02 Å². The fraction of sp³-hybridized carbons (Fsp3) is 0.583. The average molecular weight is 306 g/mol. The lowest BCUT2D eigenvalue weighted by molar-refractivity contribution is 0.278. The van der Waals surface area contributed by atoms with Crippen LogP contribution in [0.3, 0.4) is 0 Å². The Morgan fingerprint density at radius 2 is 2.25 bits per heavy atom. The van der Waals surface area contributed by atoms with Crippen LogP contribution in [-0.4, -0.2) is 28.3 Å². The summed E-state index contributed by atoms with van der Waals surface area (Å²) < 4.78 is 0. The van der Waals surface area contributed by atoms with Crippen LogP contribution in [0.15, 0.2) is 18.5 Å². The lowest BCUT2D eigenvalue weighted by atomic mass is 10.2. The zero-order valence-electron chi connectivity index (χ0n) is 9.63. The van der Waals surface area contributed by atoms with Crippen LogP contribution in [0.4, 0.5) is 0 Å². The van der Waals surface area contributed by atoms with Crippen molar-refractivity contribution in [3.63, 3.8) is 0 Å². The zero-order valence-corrected chi connectivity index (χ0v) is 12.0. The largest absolute Gasteiger partial charge is 0.298 e. The second kappa shape index (κ2) is 8.04. The first-order chi connectivity index (χ1) is 7.77. The Bertz CT molecular complexity index is 307. The molecule has 0 unspecified atom stereocenters. The topological polar surface area (TPSA) is 16.1 Å². The van der Waals surface area contributed by atoms with Crippen molar-refractivity contribution in [2.24, 2.45) is 0 Å². The maximum absolute atomic E-state index is 6.10. The van der Waals surface area contributed by atoms with E-state index in [1.165, 1.54) is 12.8 Å². The second-order valence-electron chi connectivity index (χ2n) is 3.79. The summed E-state index contributed by atoms with van der Waals surface area (Å²) in [6.07, 6.45) is 5.97. The van der Waals surface area contributed by atoms with E-state index in [1.807, 2.05) is 6.07 Å². The summed E-state index contributed by atoms with van der Waals surface area (Å²) in [7, 11) is 0. The molecule has 0 saturated heterocycles. The zero-order chi connectivity index (χ0) is 11.8. The Morgan fingerprint density at radius 1 is 1.44 bits per heavy atom. The standard InChI is InChI=1S/C12H18BrClN2/c1-2-3-7-16(8-5-13)10-11-4-6-15-9-12(11)14/h4,6,9H,2-3,5,7-8,10H2,1H3. The number of halogens is 2. The van der Waals surface area contributed by atoms with E-state index in [-0.39, 0.29) is 0 Å². The first kappa shape index (κ1) is 13.9. The molecule has 1 aromatic rings. The monoisotopic (exact) mass is 304 g/mol. The van der Waals surface area contributed by atoms with E-state index in [4.69, 9.17) is 11.6 Å². The van der Waals surface area contributed by atoms with Crippen LogP contribution >= 0.6 is 27.5 Å². The average Bonchev–Trinajstić information content (AvgIpc) is 2.29. The quantitative estimate of drug-likeness (QED) is 0.714. The van der Waals surface area contributed by atoms with Gasteiger partial charge in [0.25, 0.3) is 0 Å². The number of alkyl halides is 1. The first-order valence-electron chi connectivity index (χ1n) is 5.64. The summed E-state index contributed by atoms with van der Waals surface area (Å²) in [6.45, 7) is 5.30. The molecule has 4 heteroatoms. The Hall–Kier alpha value is -0.120. The SMILES string of the molecule is CCCCN(CCBr)Cc1ccncc1Cl. The van der Waals surface area contributed by atoms with Crippen molar-refractivity contribution in [3.8, 4) is 0 Å². The highest BCUT2D eigenvalue weighted by molar-refractivity contribution is 9.09. The van der Waals surface area contributed by atoms with Crippen molar-refractivity contribution in [3.05, 3.63) is 29.0 Å². The number of unbranched alkanes of at least 4 members (excludes halogenated alkanes) is 1. The summed E-state index contributed by atoms with van der Waals surface area (Å²) in [6, 6.07) is 2.00. The lowest BCUT2D eigenvalue weighted by Crippen LogP contribution is -2.26. The molecule has 0 aliphatic heterocycles. The number of hydrogen-bond donors (Lipinski definition) is 0. The molecule has 1 heterocycles. The van der Waals surface area contributed by atoms with Gasteiger partial charge in [-0.2, -0.15) is 0 Å². The van der Waals surface area contributed by atoms with Crippen LogP contribution in [0, 0.1) is 0 Å². The van der Waals surface area contributed by atoms with Crippen LogP contribution in [0.25, 0.3) is 0 Å². The Balaban J connectivity index is 2.56. The third-order valence-corrected chi connectivity index (χ3v) is 3.17. The molecule has 2 nitrogen and oxygen atoms in total. The molecule has 0 atom stereocenters. The van der Waals surface area contributed by atoms with Gasteiger partial charge in [-0.05, 0) is 24.6 Å². The summed E-state index contributed by atoms with van der Waals surface area (Å²) in [5.74, 6) is 0. The van der Waals surface area contributed by atoms with E-state index in [0.29, 0.717) is 0 Å². The number of aromatic nitrogens is 1. The van der Waals surface area contributed by atoms with Gasteiger partial charge in [0.2, 0.25) is 0 Å². The van der Waals surface area contributed by atoms with Gasteiger partial charge in [0, 0.05) is 30.8 Å². The van der Waals surface area contributed by atoms with Crippen molar-refractivity contribution in [2.45, 2.75) is 26.3 Å². The number of nitrogens with zero attached hydrogens (tertiary/aromatic N) is 2. The van der Waals surface area contributed by atoms with Gasteiger partial charge < -0.3 is 0 Å². The van der Waals surface area contributed by atoms with Gasteiger partial charge in [0.1, 0.15) is 0 Å². The van der Waals surface area contributed by atoms with E-state index >= 15 is 0 Å². The minimum Gasteiger partial charge on any atom is -0.298 e. The van der Waals surface area contributed by atoms with Crippen LogP contribution < -0.4 is 0 Å².